The molecule has 1 amide bonds. The Kier molecular flexibility index (Phi) is 6.79. The van der Waals surface area contributed by atoms with Gasteiger partial charge in [0.05, 0.1) is 26.7 Å². The molecule has 0 spiro atoms. The van der Waals surface area contributed by atoms with Gasteiger partial charge in [0.15, 0.2) is 0 Å². The SMILES string of the molecule is COc1cc(OC)cc(OCCNC(=O)C2C3CCC(C3)C2N)c1.Cl. The van der Waals surface area contributed by atoms with Crippen LogP contribution in [0.4, 0.5) is 0 Å². The summed E-state index contributed by atoms with van der Waals surface area (Å²) in [5.41, 5.74) is 6.20. The Morgan fingerprint density at radius 2 is 1.72 bits per heavy atom. The molecule has 1 aromatic carbocycles. The lowest BCUT2D eigenvalue weighted by Gasteiger charge is -2.27. The van der Waals surface area contributed by atoms with Gasteiger partial charge in [-0.15, -0.1) is 12.4 Å². The van der Waals surface area contributed by atoms with E-state index < -0.39 is 0 Å². The number of fused-ring (bicyclic) bond motifs is 2. The van der Waals surface area contributed by atoms with E-state index in [9.17, 15) is 4.79 Å². The molecule has 140 valence electrons. The fourth-order valence-corrected chi connectivity index (χ4v) is 4.05. The number of ether oxygens (including phenoxy) is 3. The minimum absolute atomic E-state index is 0. The summed E-state index contributed by atoms with van der Waals surface area (Å²) in [4.78, 5) is 12.4. The minimum Gasteiger partial charge on any atom is -0.496 e. The fraction of sp³-hybridized carbons (Fsp3) is 0.611. The number of benzene rings is 1. The van der Waals surface area contributed by atoms with E-state index in [0.29, 0.717) is 42.2 Å². The van der Waals surface area contributed by atoms with Gasteiger partial charge < -0.3 is 25.3 Å². The third kappa shape index (κ3) is 4.30. The van der Waals surface area contributed by atoms with Crippen molar-refractivity contribution >= 4 is 18.3 Å². The number of rotatable bonds is 7. The van der Waals surface area contributed by atoms with Gasteiger partial charge in [0.25, 0.3) is 0 Å². The number of carbonyl (C=O) groups is 1. The van der Waals surface area contributed by atoms with Crippen molar-refractivity contribution in [1.82, 2.24) is 5.32 Å². The van der Waals surface area contributed by atoms with Crippen LogP contribution in [0.2, 0.25) is 0 Å². The highest BCUT2D eigenvalue weighted by Crippen LogP contribution is 2.47. The van der Waals surface area contributed by atoms with Gasteiger partial charge in [-0.05, 0) is 31.1 Å². The lowest BCUT2D eigenvalue weighted by Crippen LogP contribution is -2.46. The van der Waals surface area contributed by atoms with Crippen LogP contribution in [0.5, 0.6) is 17.2 Å². The molecule has 0 radical (unpaired) electrons. The van der Waals surface area contributed by atoms with Crippen molar-refractivity contribution in [3.8, 4) is 17.2 Å². The van der Waals surface area contributed by atoms with Gasteiger partial charge in [-0.25, -0.2) is 0 Å². The molecule has 0 aromatic heterocycles. The maximum atomic E-state index is 12.4. The number of hydrogen-bond donors (Lipinski definition) is 2. The zero-order chi connectivity index (χ0) is 17.1. The van der Waals surface area contributed by atoms with E-state index in [-0.39, 0.29) is 30.3 Å². The first-order chi connectivity index (χ1) is 11.6. The molecule has 2 aliphatic rings. The number of nitrogens with two attached hydrogens (primary N) is 1. The van der Waals surface area contributed by atoms with Crippen molar-refractivity contribution in [2.45, 2.75) is 25.3 Å². The summed E-state index contributed by atoms with van der Waals surface area (Å²) in [5, 5.41) is 2.96. The zero-order valence-corrected chi connectivity index (χ0v) is 15.5. The van der Waals surface area contributed by atoms with E-state index in [4.69, 9.17) is 19.9 Å². The third-order valence-electron chi connectivity index (χ3n) is 5.28. The Bertz CT molecular complexity index is 574. The quantitative estimate of drug-likeness (QED) is 0.717. The van der Waals surface area contributed by atoms with Crippen molar-refractivity contribution in [3.05, 3.63) is 18.2 Å². The highest BCUT2D eigenvalue weighted by Gasteiger charge is 2.48. The van der Waals surface area contributed by atoms with Gasteiger partial charge in [-0.3, -0.25) is 4.79 Å². The van der Waals surface area contributed by atoms with E-state index in [1.165, 1.54) is 6.42 Å². The number of halogens is 1. The third-order valence-corrected chi connectivity index (χ3v) is 5.28. The van der Waals surface area contributed by atoms with Crippen LogP contribution in [0.1, 0.15) is 19.3 Å². The van der Waals surface area contributed by atoms with Crippen LogP contribution in [0.25, 0.3) is 0 Å². The summed E-state index contributed by atoms with van der Waals surface area (Å²) in [5.74, 6) is 3.03. The van der Waals surface area contributed by atoms with Crippen molar-refractivity contribution in [1.29, 1.82) is 0 Å². The molecule has 4 atom stereocenters. The van der Waals surface area contributed by atoms with E-state index in [2.05, 4.69) is 5.32 Å². The maximum Gasteiger partial charge on any atom is 0.225 e. The smallest absolute Gasteiger partial charge is 0.225 e. The molecule has 3 rings (SSSR count). The van der Waals surface area contributed by atoms with Gasteiger partial charge in [0.1, 0.15) is 23.9 Å². The number of hydrogen-bond acceptors (Lipinski definition) is 5. The number of nitrogens with one attached hydrogen (secondary N) is 1. The first kappa shape index (κ1) is 19.7. The molecule has 1 aromatic rings. The van der Waals surface area contributed by atoms with E-state index in [1.807, 2.05) is 0 Å². The Hall–Kier alpha value is -1.66. The fourth-order valence-electron chi connectivity index (χ4n) is 4.05. The molecule has 6 nitrogen and oxygen atoms in total. The van der Waals surface area contributed by atoms with Gasteiger partial charge >= 0.3 is 0 Å². The minimum atomic E-state index is -0.0272. The number of carbonyl (C=O) groups excluding carboxylic acids is 1. The molecule has 2 aliphatic carbocycles. The van der Waals surface area contributed by atoms with Crippen LogP contribution in [0.15, 0.2) is 18.2 Å². The van der Waals surface area contributed by atoms with Crippen LogP contribution >= 0.6 is 12.4 Å². The molecule has 0 aliphatic heterocycles. The van der Waals surface area contributed by atoms with Crippen molar-refractivity contribution in [2.24, 2.45) is 23.5 Å². The first-order valence-electron chi connectivity index (χ1n) is 8.51. The Morgan fingerprint density at radius 1 is 1.12 bits per heavy atom. The summed E-state index contributed by atoms with van der Waals surface area (Å²) in [6.07, 6.45) is 3.42. The number of methoxy groups -OCH3 is 2. The van der Waals surface area contributed by atoms with Crippen molar-refractivity contribution in [3.63, 3.8) is 0 Å². The van der Waals surface area contributed by atoms with E-state index in [0.717, 1.165) is 12.8 Å². The standard InChI is InChI=1S/C18H26N2O4.ClH/c1-22-13-8-14(23-2)10-15(9-13)24-6-5-20-18(21)16-11-3-4-12(7-11)17(16)19;/h8-12,16-17H,3-7,19H2,1-2H3,(H,20,21);1H. The lowest BCUT2D eigenvalue weighted by molar-refractivity contribution is -0.127. The lowest BCUT2D eigenvalue weighted by atomic mass is 9.84. The van der Waals surface area contributed by atoms with Crippen LogP contribution in [-0.4, -0.2) is 39.3 Å². The van der Waals surface area contributed by atoms with Crippen LogP contribution < -0.4 is 25.3 Å². The van der Waals surface area contributed by atoms with Gasteiger partial charge in [0.2, 0.25) is 5.91 Å². The van der Waals surface area contributed by atoms with Crippen molar-refractivity contribution < 1.29 is 19.0 Å². The molecule has 2 bridgehead atoms. The van der Waals surface area contributed by atoms with Crippen LogP contribution in [0, 0.1) is 17.8 Å². The molecule has 2 saturated carbocycles. The predicted octanol–water partition coefficient (Wildman–Crippen LogP) is 1.99. The predicted molar refractivity (Wildman–Crippen MR) is 97.6 cm³/mol. The second kappa shape index (κ2) is 8.63. The molecular weight excluding hydrogens is 344 g/mol. The normalized spacial score (nSPS) is 26.7. The molecule has 0 saturated heterocycles. The summed E-state index contributed by atoms with van der Waals surface area (Å²) in [7, 11) is 3.19. The Labute approximate surface area is 154 Å². The highest BCUT2D eigenvalue weighted by molar-refractivity contribution is 5.85. The monoisotopic (exact) mass is 370 g/mol. The Balaban J connectivity index is 0.00000225. The molecular formula is C18H27ClN2O4. The van der Waals surface area contributed by atoms with Crippen LogP contribution in [0.3, 0.4) is 0 Å². The summed E-state index contributed by atoms with van der Waals surface area (Å²) in [6.45, 7) is 0.844. The summed E-state index contributed by atoms with van der Waals surface area (Å²) >= 11 is 0. The van der Waals surface area contributed by atoms with E-state index >= 15 is 0 Å². The largest absolute Gasteiger partial charge is 0.496 e. The number of amides is 1. The second-order valence-electron chi connectivity index (χ2n) is 6.62. The molecule has 7 heteroatoms. The molecule has 2 fully saturated rings. The molecule has 4 unspecified atom stereocenters. The van der Waals surface area contributed by atoms with Gasteiger partial charge in [-0.1, -0.05) is 0 Å². The molecule has 0 heterocycles. The second-order valence-corrected chi connectivity index (χ2v) is 6.62. The molecule has 25 heavy (non-hydrogen) atoms. The summed E-state index contributed by atoms with van der Waals surface area (Å²) in [6, 6.07) is 5.38. The first-order valence-corrected chi connectivity index (χ1v) is 8.51. The maximum absolute atomic E-state index is 12.4. The topological polar surface area (TPSA) is 82.8 Å². The van der Waals surface area contributed by atoms with Crippen LogP contribution in [-0.2, 0) is 4.79 Å². The van der Waals surface area contributed by atoms with Gasteiger partial charge in [0, 0.05) is 24.2 Å². The average molecular weight is 371 g/mol. The highest BCUT2D eigenvalue weighted by atomic mass is 35.5. The zero-order valence-electron chi connectivity index (χ0n) is 14.7. The average Bonchev–Trinajstić information content (AvgIpc) is 3.19. The molecule has 3 N–H and O–H groups in total. The van der Waals surface area contributed by atoms with Gasteiger partial charge in [-0.2, -0.15) is 0 Å². The summed E-state index contributed by atoms with van der Waals surface area (Å²) < 4.78 is 16.1. The van der Waals surface area contributed by atoms with E-state index in [1.54, 1.807) is 32.4 Å². The Morgan fingerprint density at radius 3 is 2.28 bits per heavy atom. The van der Waals surface area contributed by atoms with Crippen molar-refractivity contribution in [2.75, 3.05) is 27.4 Å².